The summed E-state index contributed by atoms with van der Waals surface area (Å²) >= 11 is 0. The lowest BCUT2D eigenvalue weighted by Gasteiger charge is -2.26. The van der Waals surface area contributed by atoms with Gasteiger partial charge in [-0.3, -0.25) is 0 Å². The van der Waals surface area contributed by atoms with Gasteiger partial charge >= 0.3 is 0 Å². The van der Waals surface area contributed by atoms with E-state index in [0.29, 0.717) is 5.92 Å². The second kappa shape index (κ2) is 3.79. The maximum atomic E-state index is 5.76. The fraction of sp³-hybridized carbons (Fsp3) is 0.417. The van der Waals surface area contributed by atoms with Gasteiger partial charge in [0.05, 0.1) is 12.3 Å². The van der Waals surface area contributed by atoms with Gasteiger partial charge in [-0.05, 0) is 19.1 Å². The van der Waals surface area contributed by atoms with Crippen LogP contribution in [0.2, 0.25) is 0 Å². The lowest BCUT2D eigenvalue weighted by molar-refractivity contribution is 0.198. The van der Waals surface area contributed by atoms with E-state index in [-0.39, 0.29) is 0 Å². The standard InChI is InChI=1S/C12H14N2O2/c1-8-10-3-2-4-11(12(10)16-14-8)15-7-9-5-13-6-9/h2-4,9,13H,5-7H2,1H3. The Morgan fingerprint density at radius 3 is 3.12 bits per heavy atom. The number of benzene rings is 1. The molecule has 1 aliphatic heterocycles. The first-order valence-electron chi connectivity index (χ1n) is 5.53. The summed E-state index contributed by atoms with van der Waals surface area (Å²) in [6, 6.07) is 5.90. The highest BCUT2D eigenvalue weighted by Gasteiger charge is 2.18. The van der Waals surface area contributed by atoms with E-state index in [2.05, 4.69) is 10.5 Å². The van der Waals surface area contributed by atoms with Crippen LogP contribution in [0.5, 0.6) is 5.75 Å². The van der Waals surface area contributed by atoms with Gasteiger partial charge in [-0.15, -0.1) is 0 Å². The van der Waals surface area contributed by atoms with Crippen molar-refractivity contribution in [2.45, 2.75) is 6.92 Å². The molecule has 16 heavy (non-hydrogen) atoms. The van der Waals surface area contributed by atoms with E-state index >= 15 is 0 Å². The highest BCUT2D eigenvalue weighted by molar-refractivity contribution is 5.84. The average molecular weight is 218 g/mol. The number of aryl methyl sites for hydroxylation is 1. The highest BCUT2D eigenvalue weighted by atomic mass is 16.5. The van der Waals surface area contributed by atoms with E-state index in [9.17, 15) is 0 Å². The lowest BCUT2D eigenvalue weighted by Crippen LogP contribution is -2.45. The number of para-hydroxylation sites is 1. The van der Waals surface area contributed by atoms with Gasteiger partial charge < -0.3 is 14.6 Å². The number of fused-ring (bicyclic) bond motifs is 1. The number of nitrogens with one attached hydrogen (secondary N) is 1. The summed E-state index contributed by atoms with van der Waals surface area (Å²) < 4.78 is 11.0. The molecule has 0 aliphatic carbocycles. The molecule has 4 heteroatoms. The topological polar surface area (TPSA) is 47.3 Å². The third-order valence-electron chi connectivity index (χ3n) is 2.98. The van der Waals surface area contributed by atoms with Gasteiger partial charge in [0.15, 0.2) is 5.75 Å². The molecule has 2 heterocycles. The van der Waals surface area contributed by atoms with Gasteiger partial charge in [0, 0.05) is 24.4 Å². The van der Waals surface area contributed by atoms with Gasteiger partial charge in [-0.2, -0.15) is 0 Å². The van der Waals surface area contributed by atoms with Crippen LogP contribution in [-0.4, -0.2) is 24.9 Å². The number of rotatable bonds is 3. The molecule has 2 aromatic rings. The molecule has 1 aromatic heterocycles. The third-order valence-corrected chi connectivity index (χ3v) is 2.98. The molecule has 0 atom stereocenters. The summed E-state index contributed by atoms with van der Waals surface area (Å²) in [7, 11) is 0. The van der Waals surface area contributed by atoms with Crippen LogP contribution in [0.25, 0.3) is 11.0 Å². The molecular formula is C12H14N2O2. The Morgan fingerprint density at radius 1 is 1.50 bits per heavy atom. The van der Waals surface area contributed by atoms with Crippen molar-refractivity contribution in [1.29, 1.82) is 0 Å². The zero-order valence-corrected chi connectivity index (χ0v) is 9.19. The number of hydrogen-bond acceptors (Lipinski definition) is 4. The Balaban J connectivity index is 1.84. The van der Waals surface area contributed by atoms with Crippen molar-refractivity contribution in [1.82, 2.24) is 10.5 Å². The molecule has 1 saturated heterocycles. The Kier molecular flexibility index (Phi) is 2.29. The Morgan fingerprint density at radius 2 is 2.38 bits per heavy atom. The van der Waals surface area contributed by atoms with E-state index in [1.807, 2.05) is 25.1 Å². The van der Waals surface area contributed by atoms with Gasteiger partial charge in [-0.25, -0.2) is 0 Å². The van der Waals surface area contributed by atoms with Crippen LogP contribution in [0.4, 0.5) is 0 Å². The molecule has 1 aliphatic rings. The molecule has 0 spiro atoms. The Labute approximate surface area is 93.6 Å². The van der Waals surface area contributed by atoms with Crippen LogP contribution >= 0.6 is 0 Å². The van der Waals surface area contributed by atoms with E-state index < -0.39 is 0 Å². The summed E-state index contributed by atoms with van der Waals surface area (Å²) in [5.74, 6) is 1.42. The first-order valence-corrected chi connectivity index (χ1v) is 5.53. The average Bonchev–Trinajstić information content (AvgIpc) is 2.60. The van der Waals surface area contributed by atoms with Crippen molar-refractivity contribution in [2.24, 2.45) is 5.92 Å². The van der Waals surface area contributed by atoms with Crippen molar-refractivity contribution >= 4 is 11.0 Å². The van der Waals surface area contributed by atoms with Gasteiger partial charge in [0.25, 0.3) is 0 Å². The smallest absolute Gasteiger partial charge is 0.208 e. The number of ether oxygens (including phenoxy) is 1. The van der Waals surface area contributed by atoms with Crippen molar-refractivity contribution in [3.05, 3.63) is 23.9 Å². The summed E-state index contributed by atoms with van der Waals surface area (Å²) in [6.07, 6.45) is 0. The Hall–Kier alpha value is -1.55. The molecule has 4 nitrogen and oxygen atoms in total. The van der Waals surface area contributed by atoms with Crippen molar-refractivity contribution in [2.75, 3.05) is 19.7 Å². The summed E-state index contributed by atoms with van der Waals surface area (Å²) in [5, 5.41) is 8.20. The largest absolute Gasteiger partial charge is 0.489 e. The van der Waals surface area contributed by atoms with Crippen LogP contribution in [0.3, 0.4) is 0 Å². The zero-order chi connectivity index (χ0) is 11.0. The first kappa shape index (κ1) is 9.66. The second-order valence-electron chi connectivity index (χ2n) is 4.24. The van der Waals surface area contributed by atoms with E-state index in [4.69, 9.17) is 9.26 Å². The second-order valence-corrected chi connectivity index (χ2v) is 4.24. The fourth-order valence-corrected chi connectivity index (χ4v) is 1.85. The predicted molar refractivity (Wildman–Crippen MR) is 60.6 cm³/mol. The minimum atomic E-state index is 0.624. The van der Waals surface area contributed by atoms with Crippen molar-refractivity contribution in [3.63, 3.8) is 0 Å². The summed E-state index contributed by atoms with van der Waals surface area (Å²) in [4.78, 5) is 0. The summed E-state index contributed by atoms with van der Waals surface area (Å²) in [5.41, 5.74) is 1.66. The number of hydrogen-bond donors (Lipinski definition) is 1. The van der Waals surface area contributed by atoms with E-state index in [1.54, 1.807) is 0 Å². The van der Waals surface area contributed by atoms with Crippen LogP contribution in [0.1, 0.15) is 5.69 Å². The molecule has 1 aromatic carbocycles. The van der Waals surface area contributed by atoms with Gasteiger partial charge in [-0.1, -0.05) is 11.2 Å². The lowest BCUT2D eigenvalue weighted by atomic mass is 10.1. The monoisotopic (exact) mass is 218 g/mol. The molecule has 0 unspecified atom stereocenters. The van der Waals surface area contributed by atoms with Crippen molar-refractivity contribution < 1.29 is 9.26 Å². The van der Waals surface area contributed by atoms with E-state index in [0.717, 1.165) is 42.1 Å². The highest BCUT2D eigenvalue weighted by Crippen LogP contribution is 2.27. The minimum Gasteiger partial charge on any atom is -0.489 e. The van der Waals surface area contributed by atoms with Gasteiger partial charge in [0.1, 0.15) is 0 Å². The molecular weight excluding hydrogens is 204 g/mol. The third kappa shape index (κ3) is 1.55. The SMILES string of the molecule is Cc1noc2c(OCC3CNC3)cccc12. The predicted octanol–water partition coefficient (Wildman–Crippen LogP) is 1.73. The molecule has 1 N–H and O–H groups in total. The normalized spacial score (nSPS) is 16.3. The quantitative estimate of drug-likeness (QED) is 0.852. The summed E-state index contributed by atoms with van der Waals surface area (Å²) in [6.45, 7) is 4.77. The molecule has 0 bridgehead atoms. The molecule has 1 fully saturated rings. The molecule has 0 saturated carbocycles. The fourth-order valence-electron chi connectivity index (χ4n) is 1.85. The van der Waals surface area contributed by atoms with Gasteiger partial charge in [0.2, 0.25) is 5.58 Å². The molecule has 0 radical (unpaired) electrons. The number of nitrogens with zero attached hydrogens (tertiary/aromatic N) is 1. The van der Waals surface area contributed by atoms with Crippen LogP contribution in [-0.2, 0) is 0 Å². The van der Waals surface area contributed by atoms with Crippen LogP contribution in [0.15, 0.2) is 22.7 Å². The molecule has 84 valence electrons. The first-order chi connectivity index (χ1) is 7.84. The van der Waals surface area contributed by atoms with Crippen molar-refractivity contribution in [3.8, 4) is 5.75 Å². The maximum absolute atomic E-state index is 5.76. The zero-order valence-electron chi connectivity index (χ0n) is 9.19. The van der Waals surface area contributed by atoms with Crippen LogP contribution < -0.4 is 10.1 Å². The number of aromatic nitrogens is 1. The minimum absolute atomic E-state index is 0.624. The molecule has 3 rings (SSSR count). The van der Waals surface area contributed by atoms with Crippen LogP contribution in [0, 0.1) is 12.8 Å². The Bertz CT molecular complexity index is 503. The molecule has 0 amide bonds. The van der Waals surface area contributed by atoms with E-state index in [1.165, 1.54) is 0 Å². The maximum Gasteiger partial charge on any atom is 0.208 e.